The largest absolute Gasteiger partial charge is 0.418 e. The van der Waals surface area contributed by atoms with Crippen molar-refractivity contribution in [2.24, 2.45) is 0 Å². The number of anilines is 1. The Balaban J connectivity index is 1.71. The maximum atomic E-state index is 13.6. The molecule has 0 fully saturated rings. The minimum absolute atomic E-state index is 0.204. The van der Waals surface area contributed by atoms with E-state index in [4.69, 9.17) is 4.42 Å². The zero-order valence-corrected chi connectivity index (χ0v) is 14.4. The molecule has 0 aliphatic rings. The lowest BCUT2D eigenvalue weighted by Crippen LogP contribution is -2.13. The summed E-state index contributed by atoms with van der Waals surface area (Å²) in [6.45, 7) is 0. The molecule has 0 bridgehead atoms. The number of nitrogens with zero attached hydrogens (tertiary/aromatic N) is 2. The number of hydrogen-bond donors (Lipinski definition) is 1. The summed E-state index contributed by atoms with van der Waals surface area (Å²) in [6, 6.07) is 17.7. The molecule has 0 radical (unpaired) electrons. The molecule has 0 aliphatic heterocycles. The molecule has 4 nitrogen and oxygen atoms in total. The Morgan fingerprint density at radius 1 is 0.786 bits per heavy atom. The van der Waals surface area contributed by atoms with E-state index in [0.717, 1.165) is 17.7 Å². The standard InChI is InChI=1S/C21H14F3N3O/c22-15-8-6-13(7-9-15)19(25-16-10-11-17(23)18(24)12-16)21-27-26-20(28-21)14-4-2-1-3-5-14/h1-12,19,25H/t19-/m1/s1. The number of aromatic nitrogens is 2. The van der Waals surface area contributed by atoms with Gasteiger partial charge in [-0.1, -0.05) is 30.3 Å². The van der Waals surface area contributed by atoms with Crippen LogP contribution in [0, 0.1) is 17.5 Å². The van der Waals surface area contributed by atoms with Crippen molar-refractivity contribution in [2.45, 2.75) is 6.04 Å². The Kier molecular flexibility index (Phi) is 4.80. The monoisotopic (exact) mass is 381 g/mol. The molecule has 1 heterocycles. The predicted molar refractivity (Wildman–Crippen MR) is 98.0 cm³/mol. The number of halogens is 3. The molecular weight excluding hydrogens is 367 g/mol. The fraction of sp³-hybridized carbons (Fsp3) is 0.0476. The van der Waals surface area contributed by atoms with Gasteiger partial charge < -0.3 is 9.73 Å². The van der Waals surface area contributed by atoms with Crippen molar-refractivity contribution in [1.82, 2.24) is 10.2 Å². The average Bonchev–Trinajstić information content (AvgIpc) is 3.20. The van der Waals surface area contributed by atoms with E-state index < -0.39 is 23.5 Å². The first kappa shape index (κ1) is 17.8. The molecule has 3 aromatic carbocycles. The van der Waals surface area contributed by atoms with Gasteiger partial charge in [-0.3, -0.25) is 0 Å². The van der Waals surface area contributed by atoms with E-state index in [1.54, 1.807) is 12.1 Å². The van der Waals surface area contributed by atoms with Crippen molar-refractivity contribution in [1.29, 1.82) is 0 Å². The van der Waals surface area contributed by atoms with E-state index in [1.165, 1.54) is 18.2 Å². The van der Waals surface area contributed by atoms with Crippen molar-refractivity contribution in [3.8, 4) is 11.5 Å². The first-order chi connectivity index (χ1) is 13.6. The number of benzene rings is 3. The molecule has 1 N–H and O–H groups in total. The van der Waals surface area contributed by atoms with Crippen molar-refractivity contribution in [3.05, 3.63) is 102 Å². The molecule has 0 saturated heterocycles. The molecule has 7 heteroatoms. The van der Waals surface area contributed by atoms with Gasteiger partial charge in [-0.25, -0.2) is 13.2 Å². The van der Waals surface area contributed by atoms with E-state index in [2.05, 4.69) is 15.5 Å². The highest BCUT2D eigenvalue weighted by atomic mass is 19.2. The van der Waals surface area contributed by atoms with Crippen LogP contribution in [0.15, 0.2) is 77.2 Å². The highest BCUT2D eigenvalue weighted by Gasteiger charge is 2.22. The third-order valence-corrected chi connectivity index (χ3v) is 4.14. The molecule has 1 atom stereocenters. The normalized spacial score (nSPS) is 12.0. The van der Waals surface area contributed by atoms with E-state index in [9.17, 15) is 13.2 Å². The zero-order chi connectivity index (χ0) is 19.5. The van der Waals surface area contributed by atoms with E-state index in [0.29, 0.717) is 17.1 Å². The molecule has 1 aromatic heterocycles. The van der Waals surface area contributed by atoms with Crippen LogP contribution in [-0.4, -0.2) is 10.2 Å². The Morgan fingerprint density at radius 2 is 1.54 bits per heavy atom. The molecule has 0 aliphatic carbocycles. The van der Waals surface area contributed by atoms with E-state index in [1.807, 2.05) is 30.3 Å². The van der Waals surface area contributed by atoms with Crippen molar-refractivity contribution >= 4 is 5.69 Å². The third kappa shape index (κ3) is 3.73. The number of hydrogen-bond acceptors (Lipinski definition) is 4. The molecular formula is C21H14F3N3O. The smallest absolute Gasteiger partial charge is 0.247 e. The predicted octanol–water partition coefficient (Wildman–Crippen LogP) is 5.36. The zero-order valence-electron chi connectivity index (χ0n) is 14.4. The van der Waals surface area contributed by atoms with Gasteiger partial charge in [-0.15, -0.1) is 10.2 Å². The third-order valence-electron chi connectivity index (χ3n) is 4.14. The summed E-state index contributed by atoms with van der Waals surface area (Å²) in [6.07, 6.45) is 0. The molecule has 140 valence electrons. The lowest BCUT2D eigenvalue weighted by Gasteiger charge is -2.17. The Labute approximate surface area is 158 Å². The number of rotatable bonds is 5. The maximum absolute atomic E-state index is 13.6. The maximum Gasteiger partial charge on any atom is 0.247 e. The van der Waals surface area contributed by atoms with Crippen LogP contribution in [0.1, 0.15) is 17.5 Å². The summed E-state index contributed by atoms with van der Waals surface area (Å²) in [5.74, 6) is -1.82. The van der Waals surface area contributed by atoms with Crippen LogP contribution >= 0.6 is 0 Å². The lowest BCUT2D eigenvalue weighted by atomic mass is 10.1. The van der Waals surface area contributed by atoms with Gasteiger partial charge in [0.1, 0.15) is 11.9 Å². The SMILES string of the molecule is Fc1ccc([C@@H](Nc2ccc(F)c(F)c2)c2nnc(-c3ccccc3)o2)cc1. The minimum Gasteiger partial charge on any atom is -0.418 e. The van der Waals surface area contributed by atoms with Gasteiger partial charge in [0, 0.05) is 17.3 Å². The quantitative estimate of drug-likeness (QED) is 0.506. The summed E-state index contributed by atoms with van der Waals surface area (Å²) in [5, 5.41) is 11.2. The average molecular weight is 381 g/mol. The second-order valence-corrected chi connectivity index (χ2v) is 6.07. The van der Waals surface area contributed by atoms with Crippen LogP contribution in [0.4, 0.5) is 18.9 Å². The van der Waals surface area contributed by atoms with Gasteiger partial charge in [0.25, 0.3) is 0 Å². The molecule has 4 aromatic rings. The highest BCUT2D eigenvalue weighted by Crippen LogP contribution is 2.29. The molecule has 0 spiro atoms. The van der Waals surface area contributed by atoms with Crippen LogP contribution in [0.2, 0.25) is 0 Å². The first-order valence-corrected chi connectivity index (χ1v) is 8.46. The molecule has 4 rings (SSSR count). The molecule has 0 unspecified atom stereocenters. The topological polar surface area (TPSA) is 51.0 Å². The van der Waals surface area contributed by atoms with Crippen molar-refractivity contribution in [3.63, 3.8) is 0 Å². The summed E-state index contributed by atoms with van der Waals surface area (Å²) in [4.78, 5) is 0. The van der Waals surface area contributed by atoms with Crippen LogP contribution in [0.5, 0.6) is 0 Å². The van der Waals surface area contributed by atoms with Gasteiger partial charge >= 0.3 is 0 Å². The second-order valence-electron chi connectivity index (χ2n) is 6.07. The summed E-state index contributed by atoms with van der Waals surface area (Å²) >= 11 is 0. The first-order valence-electron chi connectivity index (χ1n) is 8.46. The van der Waals surface area contributed by atoms with Crippen LogP contribution < -0.4 is 5.32 Å². The summed E-state index contributed by atoms with van der Waals surface area (Å²) in [5.41, 5.74) is 1.68. The van der Waals surface area contributed by atoms with E-state index in [-0.39, 0.29) is 5.89 Å². The van der Waals surface area contributed by atoms with Gasteiger partial charge in [0.2, 0.25) is 11.8 Å². The highest BCUT2D eigenvalue weighted by molar-refractivity contribution is 5.52. The summed E-state index contributed by atoms with van der Waals surface area (Å²) < 4.78 is 46.0. The van der Waals surface area contributed by atoms with Gasteiger partial charge in [0.05, 0.1) is 0 Å². The summed E-state index contributed by atoms with van der Waals surface area (Å²) in [7, 11) is 0. The van der Waals surface area contributed by atoms with Crippen LogP contribution in [0.3, 0.4) is 0 Å². The van der Waals surface area contributed by atoms with Crippen molar-refractivity contribution < 1.29 is 17.6 Å². The second kappa shape index (κ2) is 7.56. The lowest BCUT2D eigenvalue weighted by molar-refractivity contribution is 0.492. The molecule has 0 saturated carbocycles. The van der Waals surface area contributed by atoms with Crippen molar-refractivity contribution in [2.75, 3.05) is 5.32 Å². The Bertz CT molecular complexity index is 1080. The minimum atomic E-state index is -0.988. The van der Waals surface area contributed by atoms with E-state index >= 15 is 0 Å². The Hall–Kier alpha value is -3.61. The van der Waals surface area contributed by atoms with Gasteiger partial charge in [0.15, 0.2) is 11.6 Å². The van der Waals surface area contributed by atoms with Crippen LogP contribution in [-0.2, 0) is 0 Å². The Morgan fingerprint density at radius 3 is 2.25 bits per heavy atom. The van der Waals surface area contributed by atoms with Gasteiger partial charge in [-0.2, -0.15) is 0 Å². The van der Waals surface area contributed by atoms with Gasteiger partial charge in [-0.05, 0) is 42.0 Å². The fourth-order valence-electron chi connectivity index (χ4n) is 2.74. The van der Waals surface area contributed by atoms with Crippen LogP contribution in [0.25, 0.3) is 11.5 Å². The fourth-order valence-corrected chi connectivity index (χ4v) is 2.74. The molecule has 28 heavy (non-hydrogen) atoms. The number of nitrogens with one attached hydrogen (secondary N) is 1. The molecule has 0 amide bonds.